The molecule has 1 aromatic carbocycles. The Bertz CT molecular complexity index is 661. The maximum Gasteiger partial charge on any atom is 0.255 e. The molecule has 2 rings (SSSR count). The molecule has 0 saturated heterocycles. The van der Waals surface area contributed by atoms with E-state index in [1.165, 1.54) is 18.2 Å². The molecule has 0 aliphatic heterocycles. The number of hydrogen-bond acceptors (Lipinski definition) is 5. The number of hydrogen-bond donors (Lipinski definition) is 2. The van der Waals surface area contributed by atoms with Crippen LogP contribution in [0, 0.1) is 12.7 Å². The van der Waals surface area contributed by atoms with Crippen molar-refractivity contribution in [2.45, 2.75) is 19.8 Å². The fraction of sp³-hybridized carbons (Fsp3) is 0.375. The van der Waals surface area contributed by atoms with Crippen LogP contribution in [0.4, 0.5) is 4.39 Å². The van der Waals surface area contributed by atoms with Crippen molar-refractivity contribution in [2.24, 2.45) is 5.73 Å². The minimum atomic E-state index is -0.473. The lowest BCUT2D eigenvalue weighted by atomic mass is 10.1. The average Bonchev–Trinajstić information content (AvgIpc) is 2.94. The molecule has 0 spiro atoms. The highest BCUT2D eigenvalue weighted by Crippen LogP contribution is 2.20. The lowest BCUT2D eigenvalue weighted by molar-refractivity contribution is 0.0949. The number of aryl methyl sites for hydroxylation is 1. The van der Waals surface area contributed by atoms with Gasteiger partial charge in [0.05, 0.1) is 23.4 Å². The molecule has 5 nitrogen and oxygen atoms in total. The standard InChI is InChI=1S/C16H20FN3O2S/c1-11-15(23-10-20-11)5-7-19-16(21)13-9-12(17)3-4-14(13)22-8-2-6-18/h3-4,9-10H,2,5-8,18H2,1H3,(H,19,21). The predicted molar refractivity (Wildman–Crippen MR) is 88.5 cm³/mol. The molecule has 23 heavy (non-hydrogen) atoms. The minimum Gasteiger partial charge on any atom is -0.493 e. The van der Waals surface area contributed by atoms with Crippen LogP contribution >= 0.6 is 11.3 Å². The van der Waals surface area contributed by atoms with Gasteiger partial charge in [0.25, 0.3) is 5.91 Å². The predicted octanol–water partition coefficient (Wildman–Crippen LogP) is 2.29. The molecule has 0 aliphatic rings. The number of nitrogens with zero attached hydrogens (tertiary/aromatic N) is 1. The van der Waals surface area contributed by atoms with E-state index in [0.717, 1.165) is 10.6 Å². The van der Waals surface area contributed by atoms with Gasteiger partial charge >= 0.3 is 0 Å². The van der Waals surface area contributed by atoms with Crippen LogP contribution in [-0.4, -0.2) is 30.6 Å². The molecular weight excluding hydrogens is 317 g/mol. The van der Waals surface area contributed by atoms with Gasteiger partial charge in [-0.15, -0.1) is 11.3 Å². The van der Waals surface area contributed by atoms with Gasteiger partial charge < -0.3 is 15.8 Å². The van der Waals surface area contributed by atoms with Crippen molar-refractivity contribution in [3.05, 3.63) is 45.7 Å². The molecule has 1 amide bonds. The van der Waals surface area contributed by atoms with Gasteiger partial charge in [0.1, 0.15) is 11.6 Å². The van der Waals surface area contributed by atoms with Gasteiger partial charge in [0.2, 0.25) is 0 Å². The number of benzene rings is 1. The summed E-state index contributed by atoms with van der Waals surface area (Å²) in [6.45, 7) is 3.28. The van der Waals surface area contributed by atoms with E-state index in [-0.39, 0.29) is 11.5 Å². The molecule has 0 atom stereocenters. The van der Waals surface area contributed by atoms with Crippen molar-refractivity contribution in [1.29, 1.82) is 0 Å². The van der Waals surface area contributed by atoms with Crippen LogP contribution in [-0.2, 0) is 6.42 Å². The SMILES string of the molecule is Cc1ncsc1CCNC(=O)c1cc(F)ccc1OCCCN. The highest BCUT2D eigenvalue weighted by Gasteiger charge is 2.14. The Labute approximate surface area is 138 Å². The Morgan fingerprint density at radius 1 is 1.48 bits per heavy atom. The van der Waals surface area contributed by atoms with Crippen molar-refractivity contribution < 1.29 is 13.9 Å². The number of aromatic nitrogens is 1. The molecule has 0 saturated carbocycles. The quantitative estimate of drug-likeness (QED) is 0.725. The van der Waals surface area contributed by atoms with Gasteiger partial charge in [-0.25, -0.2) is 9.37 Å². The van der Waals surface area contributed by atoms with Gasteiger partial charge in [-0.2, -0.15) is 0 Å². The Balaban J connectivity index is 1.97. The average molecular weight is 337 g/mol. The van der Waals surface area contributed by atoms with E-state index >= 15 is 0 Å². The molecule has 2 aromatic rings. The molecule has 0 aliphatic carbocycles. The number of thiazole rings is 1. The van der Waals surface area contributed by atoms with Crippen LogP contribution in [0.2, 0.25) is 0 Å². The summed E-state index contributed by atoms with van der Waals surface area (Å²) in [6.07, 6.45) is 1.37. The van der Waals surface area contributed by atoms with Crippen molar-refractivity contribution in [3.8, 4) is 5.75 Å². The smallest absolute Gasteiger partial charge is 0.255 e. The van der Waals surface area contributed by atoms with E-state index in [1.54, 1.807) is 16.8 Å². The van der Waals surface area contributed by atoms with Crippen LogP contribution in [0.3, 0.4) is 0 Å². The summed E-state index contributed by atoms with van der Waals surface area (Å²) in [5.74, 6) is -0.458. The Morgan fingerprint density at radius 2 is 2.30 bits per heavy atom. The lowest BCUT2D eigenvalue weighted by Gasteiger charge is -2.11. The summed E-state index contributed by atoms with van der Waals surface area (Å²) in [7, 11) is 0. The van der Waals surface area contributed by atoms with Crippen molar-refractivity contribution in [2.75, 3.05) is 19.7 Å². The second-order valence-electron chi connectivity index (χ2n) is 5.00. The number of halogens is 1. The van der Waals surface area contributed by atoms with E-state index in [9.17, 15) is 9.18 Å². The molecule has 3 N–H and O–H groups in total. The number of nitrogens with one attached hydrogen (secondary N) is 1. The second-order valence-corrected chi connectivity index (χ2v) is 5.94. The highest BCUT2D eigenvalue weighted by atomic mass is 32.1. The van der Waals surface area contributed by atoms with Crippen molar-refractivity contribution >= 4 is 17.2 Å². The summed E-state index contributed by atoms with van der Waals surface area (Å²) in [5.41, 5.74) is 8.37. The first-order valence-electron chi connectivity index (χ1n) is 7.41. The summed E-state index contributed by atoms with van der Waals surface area (Å²) in [6, 6.07) is 3.92. The molecule has 0 unspecified atom stereocenters. The van der Waals surface area contributed by atoms with Crippen molar-refractivity contribution in [1.82, 2.24) is 10.3 Å². The van der Waals surface area contributed by atoms with Gasteiger partial charge in [-0.3, -0.25) is 4.79 Å². The minimum absolute atomic E-state index is 0.197. The largest absolute Gasteiger partial charge is 0.493 e. The number of ether oxygens (including phenoxy) is 1. The zero-order valence-electron chi connectivity index (χ0n) is 13.0. The van der Waals surface area contributed by atoms with E-state index in [0.29, 0.717) is 38.3 Å². The zero-order chi connectivity index (χ0) is 16.7. The monoisotopic (exact) mass is 337 g/mol. The van der Waals surface area contributed by atoms with Crippen molar-refractivity contribution in [3.63, 3.8) is 0 Å². The fourth-order valence-corrected chi connectivity index (χ4v) is 2.80. The molecule has 124 valence electrons. The van der Waals surface area contributed by atoms with Crippen LogP contribution in [0.5, 0.6) is 5.75 Å². The first kappa shape index (κ1) is 17.4. The summed E-state index contributed by atoms with van der Waals surface area (Å²) >= 11 is 1.56. The van der Waals surface area contributed by atoms with Crippen LogP contribution in [0.1, 0.15) is 27.3 Å². The molecule has 0 bridgehead atoms. The molecule has 0 fully saturated rings. The lowest BCUT2D eigenvalue weighted by Crippen LogP contribution is -2.26. The molecule has 7 heteroatoms. The summed E-state index contributed by atoms with van der Waals surface area (Å²) < 4.78 is 18.9. The molecule has 1 heterocycles. The maximum atomic E-state index is 13.4. The van der Waals surface area contributed by atoms with Crippen LogP contribution in [0.15, 0.2) is 23.7 Å². The summed E-state index contributed by atoms with van der Waals surface area (Å²) in [4.78, 5) is 17.6. The van der Waals surface area contributed by atoms with E-state index in [4.69, 9.17) is 10.5 Å². The maximum absolute atomic E-state index is 13.4. The van der Waals surface area contributed by atoms with Crippen LogP contribution in [0.25, 0.3) is 0 Å². The van der Waals surface area contributed by atoms with E-state index in [2.05, 4.69) is 10.3 Å². The van der Waals surface area contributed by atoms with Crippen LogP contribution < -0.4 is 15.8 Å². The zero-order valence-corrected chi connectivity index (χ0v) is 13.8. The Morgan fingerprint density at radius 3 is 3.00 bits per heavy atom. The third-order valence-corrected chi connectivity index (χ3v) is 4.27. The number of carbonyl (C=O) groups excluding carboxylic acids is 1. The van der Waals surface area contributed by atoms with E-state index in [1.807, 2.05) is 6.92 Å². The normalized spacial score (nSPS) is 10.6. The van der Waals surface area contributed by atoms with Gasteiger partial charge in [-0.05, 0) is 38.1 Å². The third kappa shape index (κ3) is 5.01. The number of carbonyl (C=O) groups is 1. The third-order valence-electron chi connectivity index (χ3n) is 3.27. The van der Waals surface area contributed by atoms with Gasteiger partial charge in [-0.1, -0.05) is 0 Å². The highest BCUT2D eigenvalue weighted by molar-refractivity contribution is 7.09. The van der Waals surface area contributed by atoms with Gasteiger partial charge in [0.15, 0.2) is 0 Å². The number of rotatable bonds is 8. The molecule has 0 radical (unpaired) electrons. The first-order valence-corrected chi connectivity index (χ1v) is 8.29. The number of amides is 1. The fourth-order valence-electron chi connectivity index (χ4n) is 2.02. The topological polar surface area (TPSA) is 77.2 Å². The Kier molecular flexibility index (Phi) is 6.49. The number of nitrogens with two attached hydrogens (primary N) is 1. The molecule has 1 aromatic heterocycles. The summed E-state index contributed by atoms with van der Waals surface area (Å²) in [5, 5.41) is 2.79. The second kappa shape index (κ2) is 8.59. The molecular formula is C16H20FN3O2S. The Hall–Kier alpha value is -1.99. The van der Waals surface area contributed by atoms with E-state index < -0.39 is 5.82 Å². The first-order chi connectivity index (χ1) is 11.1. The van der Waals surface area contributed by atoms with Gasteiger partial charge in [0, 0.05) is 17.8 Å².